The SMILES string of the molecule is Cc1cc(O)c(C(=O)C[C@@]2(O)C(=O)Nc3c(Cl)cc(Cl)cc32)c(=O)o1. The van der Waals surface area contributed by atoms with Crippen LogP contribution in [0.3, 0.4) is 0 Å². The first-order valence-electron chi connectivity index (χ1n) is 7.03. The van der Waals surface area contributed by atoms with E-state index >= 15 is 0 Å². The number of amides is 1. The molecule has 25 heavy (non-hydrogen) atoms. The highest BCUT2D eigenvalue weighted by Gasteiger charge is 2.48. The first kappa shape index (κ1) is 17.5. The lowest BCUT2D eigenvalue weighted by Gasteiger charge is -2.20. The molecule has 3 rings (SSSR count). The van der Waals surface area contributed by atoms with Gasteiger partial charge in [0.15, 0.2) is 11.4 Å². The second-order valence-corrected chi connectivity index (χ2v) is 6.47. The molecule has 0 saturated carbocycles. The van der Waals surface area contributed by atoms with Crippen LogP contribution in [-0.4, -0.2) is 21.9 Å². The largest absolute Gasteiger partial charge is 0.507 e. The van der Waals surface area contributed by atoms with E-state index in [0.717, 1.165) is 6.07 Å². The first-order valence-corrected chi connectivity index (χ1v) is 7.79. The third kappa shape index (κ3) is 2.80. The van der Waals surface area contributed by atoms with Crippen molar-refractivity contribution in [2.45, 2.75) is 18.9 Å². The number of carbonyl (C=O) groups excluding carboxylic acids is 2. The number of fused-ring (bicyclic) bond motifs is 1. The Morgan fingerprint density at radius 3 is 2.60 bits per heavy atom. The van der Waals surface area contributed by atoms with Crippen LogP contribution in [0, 0.1) is 6.92 Å². The van der Waals surface area contributed by atoms with Crippen molar-refractivity contribution in [2.75, 3.05) is 5.32 Å². The fraction of sp³-hybridized carbons (Fsp3) is 0.188. The molecule has 0 bridgehead atoms. The Morgan fingerprint density at radius 2 is 1.96 bits per heavy atom. The summed E-state index contributed by atoms with van der Waals surface area (Å²) in [5, 5.41) is 23.2. The Hall–Kier alpha value is -2.35. The number of aliphatic hydroxyl groups is 1. The third-order valence-corrected chi connectivity index (χ3v) is 4.38. The molecule has 0 aliphatic carbocycles. The molecule has 7 nitrogen and oxygen atoms in total. The molecule has 1 amide bonds. The fourth-order valence-electron chi connectivity index (χ4n) is 2.71. The smallest absolute Gasteiger partial charge is 0.350 e. The van der Waals surface area contributed by atoms with Crippen LogP contribution in [0.5, 0.6) is 5.75 Å². The van der Waals surface area contributed by atoms with Crippen molar-refractivity contribution < 1.29 is 24.2 Å². The molecule has 1 aromatic carbocycles. The molecule has 2 heterocycles. The van der Waals surface area contributed by atoms with Gasteiger partial charge in [-0.2, -0.15) is 0 Å². The highest BCUT2D eigenvalue weighted by molar-refractivity contribution is 6.37. The van der Waals surface area contributed by atoms with Crippen LogP contribution in [0.25, 0.3) is 0 Å². The van der Waals surface area contributed by atoms with Gasteiger partial charge in [0.05, 0.1) is 17.1 Å². The summed E-state index contributed by atoms with van der Waals surface area (Å²) in [6.45, 7) is 1.42. The van der Waals surface area contributed by atoms with Gasteiger partial charge in [-0.15, -0.1) is 0 Å². The maximum Gasteiger partial charge on any atom is 0.350 e. The van der Waals surface area contributed by atoms with E-state index in [-0.39, 0.29) is 27.1 Å². The summed E-state index contributed by atoms with van der Waals surface area (Å²) in [6.07, 6.45) is -0.802. The minimum Gasteiger partial charge on any atom is -0.507 e. The number of nitrogens with one attached hydrogen (secondary N) is 1. The number of Topliss-reactive ketones (excluding diaryl/α,β-unsaturated/α-hetero) is 1. The van der Waals surface area contributed by atoms with Gasteiger partial charge in [-0.25, -0.2) is 4.79 Å². The molecule has 1 atom stereocenters. The summed E-state index contributed by atoms with van der Waals surface area (Å²) in [7, 11) is 0. The topological polar surface area (TPSA) is 117 Å². The lowest BCUT2D eigenvalue weighted by atomic mass is 9.88. The van der Waals surface area contributed by atoms with Crippen LogP contribution in [0.2, 0.25) is 10.0 Å². The number of benzene rings is 1. The lowest BCUT2D eigenvalue weighted by Crippen LogP contribution is -2.37. The zero-order valence-corrected chi connectivity index (χ0v) is 14.2. The van der Waals surface area contributed by atoms with Crippen LogP contribution >= 0.6 is 23.2 Å². The molecule has 0 radical (unpaired) electrons. The molecule has 130 valence electrons. The summed E-state index contributed by atoms with van der Waals surface area (Å²) in [6, 6.07) is 3.76. The maximum absolute atomic E-state index is 12.5. The highest BCUT2D eigenvalue weighted by Crippen LogP contribution is 2.44. The average Bonchev–Trinajstić information content (AvgIpc) is 2.71. The van der Waals surface area contributed by atoms with E-state index in [1.807, 2.05) is 0 Å². The van der Waals surface area contributed by atoms with Crippen LogP contribution in [0.4, 0.5) is 5.69 Å². The summed E-state index contributed by atoms with van der Waals surface area (Å²) in [4.78, 5) is 36.5. The molecule has 1 aromatic heterocycles. The second kappa shape index (κ2) is 5.87. The van der Waals surface area contributed by atoms with Gasteiger partial charge in [-0.05, 0) is 19.1 Å². The Bertz CT molecular complexity index is 983. The normalized spacial score (nSPS) is 18.8. The van der Waals surface area contributed by atoms with Crippen molar-refractivity contribution in [3.8, 4) is 5.75 Å². The standard InChI is InChI=1S/C16H11Cl2NO6/c1-6-2-10(20)12(14(22)25-6)11(21)5-16(24)8-3-7(17)4-9(18)13(8)19-15(16)23/h2-4,20,24H,5H2,1H3,(H,19,23)/t16-/m0/s1. The summed E-state index contributed by atoms with van der Waals surface area (Å²) >= 11 is 11.9. The number of carbonyl (C=O) groups is 2. The van der Waals surface area contributed by atoms with E-state index in [2.05, 4.69) is 5.32 Å². The molecule has 1 aliphatic heterocycles. The van der Waals surface area contributed by atoms with E-state index < -0.39 is 40.7 Å². The predicted molar refractivity (Wildman–Crippen MR) is 89.3 cm³/mol. The van der Waals surface area contributed by atoms with E-state index in [9.17, 15) is 24.6 Å². The Labute approximate surface area is 150 Å². The van der Waals surface area contributed by atoms with Gasteiger partial charge in [0.2, 0.25) is 0 Å². The number of aromatic hydroxyl groups is 1. The Morgan fingerprint density at radius 1 is 1.28 bits per heavy atom. The molecule has 0 spiro atoms. The van der Waals surface area contributed by atoms with E-state index in [4.69, 9.17) is 27.6 Å². The van der Waals surface area contributed by atoms with Gasteiger partial charge in [0.1, 0.15) is 17.1 Å². The number of anilines is 1. The Balaban J connectivity index is 2.06. The van der Waals surface area contributed by atoms with Crippen LogP contribution in [0.15, 0.2) is 27.4 Å². The minimum absolute atomic E-state index is 0.0133. The summed E-state index contributed by atoms with van der Waals surface area (Å²) in [5.41, 5.74) is -3.85. The minimum atomic E-state index is -2.29. The average molecular weight is 384 g/mol. The monoisotopic (exact) mass is 383 g/mol. The number of aryl methyl sites for hydroxylation is 1. The van der Waals surface area contributed by atoms with E-state index in [1.54, 1.807) is 0 Å². The first-order chi connectivity index (χ1) is 11.6. The number of ketones is 1. The number of rotatable bonds is 3. The number of halogens is 2. The molecule has 0 fully saturated rings. The van der Waals surface area contributed by atoms with Gasteiger partial charge in [0.25, 0.3) is 5.91 Å². The van der Waals surface area contributed by atoms with Crippen molar-refractivity contribution in [2.24, 2.45) is 0 Å². The van der Waals surface area contributed by atoms with Gasteiger partial charge < -0.3 is 19.9 Å². The number of hydrogen-bond donors (Lipinski definition) is 3. The molecule has 2 aromatic rings. The molecule has 1 aliphatic rings. The molecular weight excluding hydrogens is 373 g/mol. The quantitative estimate of drug-likeness (QED) is 0.700. The molecule has 3 N–H and O–H groups in total. The van der Waals surface area contributed by atoms with Gasteiger partial charge in [-0.1, -0.05) is 23.2 Å². The van der Waals surface area contributed by atoms with Crippen LogP contribution in [-0.2, 0) is 10.4 Å². The van der Waals surface area contributed by atoms with Crippen LogP contribution in [0.1, 0.15) is 28.1 Å². The van der Waals surface area contributed by atoms with Gasteiger partial charge in [0, 0.05) is 16.7 Å². The molecule has 0 unspecified atom stereocenters. The van der Waals surface area contributed by atoms with Crippen LogP contribution < -0.4 is 10.9 Å². The summed E-state index contributed by atoms with van der Waals surface area (Å²) < 4.78 is 4.78. The third-order valence-electron chi connectivity index (χ3n) is 3.86. The zero-order valence-electron chi connectivity index (χ0n) is 12.7. The predicted octanol–water partition coefficient (Wildman–Crippen LogP) is 2.37. The fourth-order valence-corrected chi connectivity index (χ4v) is 3.26. The van der Waals surface area contributed by atoms with Gasteiger partial charge in [-0.3, -0.25) is 9.59 Å². The molecule has 9 heteroatoms. The van der Waals surface area contributed by atoms with Crippen molar-refractivity contribution in [3.05, 3.63) is 55.6 Å². The Kier molecular flexibility index (Phi) is 4.10. The number of hydrogen-bond acceptors (Lipinski definition) is 6. The molecule has 0 saturated heterocycles. The highest BCUT2D eigenvalue weighted by atomic mass is 35.5. The zero-order chi connectivity index (χ0) is 18.5. The van der Waals surface area contributed by atoms with Crippen molar-refractivity contribution in [3.63, 3.8) is 0 Å². The molecular formula is C16H11Cl2NO6. The summed E-state index contributed by atoms with van der Waals surface area (Å²) in [5.74, 6) is -2.34. The second-order valence-electron chi connectivity index (χ2n) is 5.63. The van der Waals surface area contributed by atoms with Crippen molar-refractivity contribution in [1.82, 2.24) is 0 Å². The van der Waals surface area contributed by atoms with Crippen molar-refractivity contribution in [1.29, 1.82) is 0 Å². The maximum atomic E-state index is 12.5. The van der Waals surface area contributed by atoms with E-state index in [0.29, 0.717) is 0 Å². The van der Waals surface area contributed by atoms with Crippen molar-refractivity contribution >= 4 is 40.6 Å². The van der Waals surface area contributed by atoms with Gasteiger partial charge >= 0.3 is 5.63 Å². The van der Waals surface area contributed by atoms with E-state index in [1.165, 1.54) is 19.1 Å². The lowest BCUT2D eigenvalue weighted by molar-refractivity contribution is -0.133.